The number of amides is 1. The predicted octanol–water partition coefficient (Wildman–Crippen LogP) is 1.70. The Kier molecular flexibility index (Phi) is 3.35. The lowest BCUT2D eigenvalue weighted by molar-refractivity contribution is 0.0902. The molecule has 1 amide bonds. The summed E-state index contributed by atoms with van der Waals surface area (Å²) in [5, 5.41) is 0. The number of hydrogen-bond donors (Lipinski definition) is 1. The maximum Gasteiger partial charge on any atom is 0.248 e. The van der Waals surface area contributed by atoms with Crippen molar-refractivity contribution >= 4 is 5.91 Å². The number of rotatable bonds is 3. The molecule has 1 unspecified atom stereocenters. The zero-order valence-corrected chi connectivity index (χ0v) is 11.4. The molecule has 0 saturated heterocycles. The van der Waals surface area contributed by atoms with Crippen LogP contribution in [0.2, 0.25) is 0 Å². The van der Waals surface area contributed by atoms with Gasteiger partial charge in [-0.05, 0) is 24.3 Å². The number of fused-ring (bicyclic) bond motifs is 1. The van der Waals surface area contributed by atoms with E-state index in [2.05, 4.69) is 4.98 Å². The van der Waals surface area contributed by atoms with Crippen LogP contribution < -0.4 is 19.9 Å². The molecule has 2 N–H and O–H groups in total. The first-order valence-corrected chi connectivity index (χ1v) is 6.40. The molecule has 1 atom stereocenters. The van der Waals surface area contributed by atoms with Crippen LogP contribution in [0.1, 0.15) is 22.0 Å². The van der Waals surface area contributed by atoms with Crippen molar-refractivity contribution in [2.24, 2.45) is 5.73 Å². The summed E-state index contributed by atoms with van der Waals surface area (Å²) in [7, 11) is 1.56. The first-order valence-electron chi connectivity index (χ1n) is 6.40. The highest BCUT2D eigenvalue weighted by Gasteiger charge is 2.23. The molecule has 0 spiro atoms. The Morgan fingerprint density at radius 2 is 2.19 bits per heavy atom. The first kappa shape index (κ1) is 13.2. The van der Waals surface area contributed by atoms with Gasteiger partial charge in [0.1, 0.15) is 6.61 Å². The average Bonchev–Trinajstić information content (AvgIpc) is 2.54. The second-order valence-electron chi connectivity index (χ2n) is 4.58. The largest absolute Gasteiger partial charge is 0.485 e. The van der Waals surface area contributed by atoms with Crippen molar-refractivity contribution in [3.8, 4) is 17.4 Å². The smallest absolute Gasteiger partial charge is 0.248 e. The predicted molar refractivity (Wildman–Crippen MR) is 74.6 cm³/mol. The van der Waals surface area contributed by atoms with Crippen LogP contribution in [0.25, 0.3) is 0 Å². The van der Waals surface area contributed by atoms with E-state index in [1.54, 1.807) is 37.6 Å². The van der Waals surface area contributed by atoms with Gasteiger partial charge < -0.3 is 19.9 Å². The SMILES string of the molecule is COc1ccc(C2COc3cc(C(N)=O)ccc3O2)cn1. The number of nitrogens with two attached hydrogens (primary N) is 1. The van der Waals surface area contributed by atoms with Crippen molar-refractivity contribution < 1.29 is 19.0 Å². The molecule has 2 aromatic rings. The van der Waals surface area contributed by atoms with E-state index in [1.807, 2.05) is 6.07 Å². The summed E-state index contributed by atoms with van der Waals surface area (Å²) in [6.45, 7) is 0.337. The van der Waals surface area contributed by atoms with Crippen LogP contribution in [-0.4, -0.2) is 24.6 Å². The van der Waals surface area contributed by atoms with Crippen molar-refractivity contribution in [3.63, 3.8) is 0 Å². The molecule has 6 heteroatoms. The summed E-state index contributed by atoms with van der Waals surface area (Å²) >= 11 is 0. The standard InChI is InChI=1S/C15H14N2O4/c1-19-14-5-3-10(7-17-14)13-8-20-12-6-9(15(16)18)2-4-11(12)21-13/h2-7,13H,8H2,1H3,(H2,16,18). The first-order chi connectivity index (χ1) is 10.2. The Balaban J connectivity index is 1.82. The van der Waals surface area contributed by atoms with Gasteiger partial charge in [-0.3, -0.25) is 4.79 Å². The molecular weight excluding hydrogens is 272 g/mol. The summed E-state index contributed by atoms with van der Waals surface area (Å²) in [5.74, 6) is 1.14. The van der Waals surface area contributed by atoms with Crippen molar-refractivity contribution in [1.29, 1.82) is 0 Å². The highest BCUT2D eigenvalue weighted by Crippen LogP contribution is 2.36. The van der Waals surface area contributed by atoms with Crippen LogP contribution in [0.3, 0.4) is 0 Å². The van der Waals surface area contributed by atoms with E-state index >= 15 is 0 Å². The number of hydrogen-bond acceptors (Lipinski definition) is 5. The lowest BCUT2D eigenvalue weighted by atomic mass is 10.1. The molecule has 0 radical (unpaired) electrons. The second-order valence-corrected chi connectivity index (χ2v) is 4.58. The van der Waals surface area contributed by atoms with Gasteiger partial charge in [0.05, 0.1) is 7.11 Å². The minimum Gasteiger partial charge on any atom is -0.485 e. The fourth-order valence-corrected chi connectivity index (χ4v) is 2.09. The number of carbonyl (C=O) groups is 1. The second kappa shape index (κ2) is 5.32. The number of ether oxygens (including phenoxy) is 3. The van der Waals surface area contributed by atoms with Gasteiger partial charge in [-0.2, -0.15) is 0 Å². The Bertz CT molecular complexity index is 670. The van der Waals surface area contributed by atoms with E-state index in [9.17, 15) is 4.79 Å². The number of benzene rings is 1. The minimum absolute atomic E-state index is 0.254. The number of methoxy groups -OCH3 is 1. The molecule has 21 heavy (non-hydrogen) atoms. The normalized spacial score (nSPS) is 16.3. The van der Waals surface area contributed by atoms with Crippen LogP contribution in [0, 0.1) is 0 Å². The third-order valence-electron chi connectivity index (χ3n) is 3.23. The molecule has 6 nitrogen and oxygen atoms in total. The Morgan fingerprint density at radius 1 is 1.33 bits per heavy atom. The van der Waals surface area contributed by atoms with E-state index < -0.39 is 5.91 Å². The summed E-state index contributed by atoms with van der Waals surface area (Å²) in [4.78, 5) is 15.3. The Hall–Kier alpha value is -2.76. The van der Waals surface area contributed by atoms with Crippen LogP contribution in [0.4, 0.5) is 0 Å². The van der Waals surface area contributed by atoms with E-state index in [4.69, 9.17) is 19.9 Å². The molecule has 2 heterocycles. The van der Waals surface area contributed by atoms with Crippen LogP contribution in [0.5, 0.6) is 17.4 Å². The van der Waals surface area contributed by atoms with Crippen LogP contribution >= 0.6 is 0 Å². The highest BCUT2D eigenvalue weighted by atomic mass is 16.6. The Labute approximate surface area is 121 Å². The summed E-state index contributed by atoms with van der Waals surface area (Å²) in [5.41, 5.74) is 6.52. The third-order valence-corrected chi connectivity index (χ3v) is 3.23. The Morgan fingerprint density at radius 3 is 2.86 bits per heavy atom. The average molecular weight is 286 g/mol. The lowest BCUT2D eigenvalue weighted by Gasteiger charge is -2.26. The van der Waals surface area contributed by atoms with Crippen molar-refractivity contribution in [2.45, 2.75) is 6.10 Å². The fourth-order valence-electron chi connectivity index (χ4n) is 2.09. The number of primary amides is 1. The fraction of sp³-hybridized carbons (Fsp3) is 0.200. The zero-order valence-electron chi connectivity index (χ0n) is 11.4. The van der Waals surface area contributed by atoms with Crippen molar-refractivity contribution in [3.05, 3.63) is 47.7 Å². The van der Waals surface area contributed by atoms with Gasteiger partial charge in [0.2, 0.25) is 11.8 Å². The highest BCUT2D eigenvalue weighted by molar-refractivity contribution is 5.93. The summed E-state index contributed by atoms with van der Waals surface area (Å²) in [6.07, 6.45) is 1.44. The number of aromatic nitrogens is 1. The third kappa shape index (κ3) is 2.60. The van der Waals surface area contributed by atoms with Crippen LogP contribution in [0.15, 0.2) is 36.5 Å². The molecular formula is C15H14N2O4. The summed E-state index contributed by atoms with van der Waals surface area (Å²) < 4.78 is 16.5. The number of carbonyl (C=O) groups excluding carboxylic acids is 1. The molecule has 1 aromatic carbocycles. The van der Waals surface area contributed by atoms with E-state index in [1.165, 1.54) is 0 Å². The number of nitrogens with zero attached hydrogens (tertiary/aromatic N) is 1. The molecule has 0 saturated carbocycles. The lowest BCUT2D eigenvalue weighted by Crippen LogP contribution is -2.22. The molecule has 0 fully saturated rings. The van der Waals surface area contributed by atoms with E-state index in [-0.39, 0.29) is 6.10 Å². The summed E-state index contributed by atoms with van der Waals surface area (Å²) in [6, 6.07) is 8.52. The quantitative estimate of drug-likeness (QED) is 0.928. The van der Waals surface area contributed by atoms with Gasteiger partial charge in [0.15, 0.2) is 17.6 Å². The molecule has 108 valence electrons. The van der Waals surface area contributed by atoms with E-state index in [0.29, 0.717) is 29.5 Å². The molecule has 3 rings (SSSR count). The van der Waals surface area contributed by atoms with Gasteiger partial charge in [-0.25, -0.2) is 4.98 Å². The van der Waals surface area contributed by atoms with Gasteiger partial charge in [-0.1, -0.05) is 0 Å². The molecule has 0 aliphatic carbocycles. The van der Waals surface area contributed by atoms with Gasteiger partial charge >= 0.3 is 0 Å². The zero-order chi connectivity index (χ0) is 14.8. The van der Waals surface area contributed by atoms with Crippen molar-refractivity contribution in [2.75, 3.05) is 13.7 Å². The monoisotopic (exact) mass is 286 g/mol. The molecule has 1 aliphatic rings. The number of pyridine rings is 1. The van der Waals surface area contributed by atoms with Gasteiger partial charge in [0.25, 0.3) is 0 Å². The minimum atomic E-state index is -0.497. The molecule has 0 bridgehead atoms. The van der Waals surface area contributed by atoms with Gasteiger partial charge in [-0.15, -0.1) is 0 Å². The van der Waals surface area contributed by atoms with Crippen molar-refractivity contribution in [1.82, 2.24) is 4.98 Å². The van der Waals surface area contributed by atoms with E-state index in [0.717, 1.165) is 5.56 Å². The molecule has 1 aliphatic heterocycles. The molecule has 1 aromatic heterocycles. The van der Waals surface area contributed by atoms with Gasteiger partial charge in [0, 0.05) is 23.4 Å². The topological polar surface area (TPSA) is 83.7 Å². The van der Waals surface area contributed by atoms with Crippen LogP contribution in [-0.2, 0) is 0 Å². The maximum atomic E-state index is 11.1. The maximum absolute atomic E-state index is 11.1.